The quantitative estimate of drug-likeness (QED) is 0.516. The van der Waals surface area contributed by atoms with Crippen LogP contribution in [0.5, 0.6) is 0 Å². The van der Waals surface area contributed by atoms with Crippen molar-refractivity contribution in [3.05, 3.63) is 70.5 Å². The van der Waals surface area contributed by atoms with Gasteiger partial charge in [-0.3, -0.25) is 9.89 Å². The van der Waals surface area contributed by atoms with Crippen LogP contribution >= 0.6 is 0 Å². The smallest absolute Gasteiger partial charge is 0.191 e. The Morgan fingerprint density at radius 2 is 1.57 bits per heavy atom. The molecule has 6 heteroatoms. The summed E-state index contributed by atoms with van der Waals surface area (Å²) in [4.78, 5) is 8.78. The Morgan fingerprint density at radius 1 is 0.967 bits per heavy atom. The lowest BCUT2D eigenvalue weighted by Gasteiger charge is -2.16. The van der Waals surface area contributed by atoms with Crippen LogP contribution in [0.25, 0.3) is 0 Å². The number of likely N-dealkylation sites (tertiary alicyclic amines) is 1. The molecule has 0 aliphatic carbocycles. The molecule has 0 spiro atoms. The van der Waals surface area contributed by atoms with Crippen molar-refractivity contribution >= 4 is 5.96 Å². The number of benzene rings is 2. The minimum absolute atomic E-state index is 0.164. The normalized spacial score (nSPS) is 15.0. The molecule has 3 rings (SSSR count). The molecule has 2 aromatic carbocycles. The van der Waals surface area contributed by atoms with Gasteiger partial charge >= 0.3 is 0 Å². The Morgan fingerprint density at radius 3 is 2.20 bits per heavy atom. The summed E-state index contributed by atoms with van der Waals surface area (Å²) in [6.07, 6.45) is 2.64. The minimum atomic E-state index is -0.164. The van der Waals surface area contributed by atoms with Crippen molar-refractivity contribution < 1.29 is 4.39 Å². The number of rotatable bonds is 8. The van der Waals surface area contributed by atoms with Gasteiger partial charge in [0.25, 0.3) is 0 Å². The Labute approximate surface area is 180 Å². The summed E-state index contributed by atoms with van der Waals surface area (Å²) in [7, 11) is 5.64. The first-order chi connectivity index (χ1) is 14.5. The molecular formula is C24H34FN5. The second-order valence-corrected chi connectivity index (χ2v) is 8.24. The van der Waals surface area contributed by atoms with E-state index in [9.17, 15) is 4.39 Å². The zero-order valence-corrected chi connectivity index (χ0v) is 18.4. The number of guanidine groups is 1. The second kappa shape index (κ2) is 11.1. The zero-order chi connectivity index (χ0) is 21.3. The molecule has 1 aliphatic heterocycles. The molecule has 1 aliphatic rings. The molecule has 0 aromatic heterocycles. The van der Waals surface area contributed by atoms with Gasteiger partial charge in [-0.15, -0.1) is 0 Å². The summed E-state index contributed by atoms with van der Waals surface area (Å²) in [6.45, 7) is 5.37. The fraction of sp³-hybridized carbons (Fsp3) is 0.458. The Balaban J connectivity index is 1.48. The summed E-state index contributed by atoms with van der Waals surface area (Å²) in [5.41, 5.74) is 4.32. The van der Waals surface area contributed by atoms with Crippen LogP contribution in [0.15, 0.2) is 47.5 Å². The largest absolute Gasteiger partial charge is 0.352 e. The highest BCUT2D eigenvalue weighted by molar-refractivity contribution is 5.79. The summed E-state index contributed by atoms with van der Waals surface area (Å²) < 4.78 is 14.0. The Kier molecular flexibility index (Phi) is 8.22. The highest BCUT2D eigenvalue weighted by atomic mass is 19.1. The van der Waals surface area contributed by atoms with Crippen LogP contribution in [0, 0.1) is 5.82 Å². The maximum atomic E-state index is 14.0. The van der Waals surface area contributed by atoms with Gasteiger partial charge in [-0.1, -0.05) is 30.3 Å². The lowest BCUT2D eigenvalue weighted by Crippen LogP contribution is -2.36. The molecule has 0 unspecified atom stereocenters. The van der Waals surface area contributed by atoms with E-state index in [0.717, 1.165) is 18.1 Å². The lowest BCUT2D eigenvalue weighted by molar-refractivity contribution is 0.331. The summed E-state index contributed by atoms with van der Waals surface area (Å²) >= 11 is 0. The molecule has 2 N–H and O–H groups in total. The number of hydrogen-bond donors (Lipinski definition) is 2. The van der Waals surface area contributed by atoms with Crippen molar-refractivity contribution in [2.24, 2.45) is 4.99 Å². The first-order valence-corrected chi connectivity index (χ1v) is 10.7. The third-order valence-corrected chi connectivity index (χ3v) is 5.37. The zero-order valence-electron chi connectivity index (χ0n) is 18.4. The molecule has 1 heterocycles. The standard InChI is InChI=1S/C24H34FN5/c1-26-24(28-16-21-10-11-23(25)22(14-21)18-29(2)3)27-15-19-6-8-20(9-7-19)17-30-12-4-5-13-30/h6-11,14H,4-5,12-13,15-18H2,1-3H3,(H2,26,27,28). The maximum absolute atomic E-state index is 14.0. The molecule has 1 saturated heterocycles. The van der Waals surface area contributed by atoms with Crippen molar-refractivity contribution in [1.82, 2.24) is 20.4 Å². The van der Waals surface area contributed by atoms with Gasteiger partial charge in [0, 0.05) is 38.8 Å². The number of nitrogens with one attached hydrogen (secondary N) is 2. The third kappa shape index (κ3) is 6.82. The van der Waals surface area contributed by atoms with Gasteiger partial charge < -0.3 is 15.5 Å². The van der Waals surface area contributed by atoms with Gasteiger partial charge in [0.05, 0.1) is 0 Å². The number of halogens is 1. The molecule has 5 nitrogen and oxygen atoms in total. The molecule has 1 fully saturated rings. The van der Waals surface area contributed by atoms with Crippen molar-refractivity contribution in [2.75, 3.05) is 34.2 Å². The van der Waals surface area contributed by atoms with Gasteiger partial charge in [0.15, 0.2) is 5.96 Å². The topological polar surface area (TPSA) is 42.9 Å². The van der Waals surface area contributed by atoms with E-state index in [4.69, 9.17) is 0 Å². The predicted octanol–water partition coefficient (Wildman–Crippen LogP) is 3.35. The van der Waals surface area contributed by atoms with Crippen LogP contribution in [-0.2, 0) is 26.2 Å². The second-order valence-electron chi connectivity index (χ2n) is 8.24. The third-order valence-electron chi connectivity index (χ3n) is 5.37. The van der Waals surface area contributed by atoms with Gasteiger partial charge in [-0.05, 0) is 68.8 Å². The molecule has 2 aromatic rings. The summed E-state index contributed by atoms with van der Waals surface area (Å²) in [5, 5.41) is 6.66. The van der Waals surface area contributed by atoms with Gasteiger partial charge in [-0.25, -0.2) is 4.39 Å². The van der Waals surface area contributed by atoms with Crippen molar-refractivity contribution in [1.29, 1.82) is 0 Å². The first kappa shape index (κ1) is 22.2. The lowest BCUT2D eigenvalue weighted by atomic mass is 10.1. The van der Waals surface area contributed by atoms with Crippen LogP contribution < -0.4 is 10.6 Å². The number of hydrogen-bond acceptors (Lipinski definition) is 3. The molecule has 0 atom stereocenters. The summed E-state index contributed by atoms with van der Waals surface area (Å²) in [6, 6.07) is 14.1. The van der Waals surface area contributed by atoms with Gasteiger partial charge in [0.2, 0.25) is 0 Å². The van der Waals surface area contributed by atoms with Crippen LogP contribution in [0.3, 0.4) is 0 Å². The Bertz CT molecular complexity index is 826. The molecule has 0 bridgehead atoms. The molecule has 0 radical (unpaired) electrons. The molecular weight excluding hydrogens is 377 g/mol. The van der Waals surface area contributed by atoms with Crippen molar-refractivity contribution in [3.63, 3.8) is 0 Å². The fourth-order valence-corrected chi connectivity index (χ4v) is 3.75. The summed E-state index contributed by atoms with van der Waals surface area (Å²) in [5.74, 6) is 0.567. The van der Waals surface area contributed by atoms with Gasteiger partial charge in [0.1, 0.15) is 5.82 Å². The van der Waals surface area contributed by atoms with Crippen LogP contribution in [0.2, 0.25) is 0 Å². The highest BCUT2D eigenvalue weighted by Crippen LogP contribution is 2.14. The Hall–Kier alpha value is -2.44. The van der Waals surface area contributed by atoms with E-state index in [2.05, 4.69) is 44.8 Å². The molecule has 162 valence electrons. The average Bonchev–Trinajstić information content (AvgIpc) is 3.24. The van der Waals surface area contributed by atoms with Crippen LogP contribution in [0.4, 0.5) is 4.39 Å². The maximum Gasteiger partial charge on any atom is 0.191 e. The van der Waals surface area contributed by atoms with Gasteiger partial charge in [-0.2, -0.15) is 0 Å². The van der Waals surface area contributed by atoms with Crippen LogP contribution in [0.1, 0.15) is 35.1 Å². The first-order valence-electron chi connectivity index (χ1n) is 10.7. The highest BCUT2D eigenvalue weighted by Gasteiger charge is 2.11. The van der Waals surface area contributed by atoms with E-state index in [1.165, 1.54) is 43.1 Å². The molecule has 0 amide bonds. The monoisotopic (exact) mass is 411 g/mol. The predicted molar refractivity (Wildman–Crippen MR) is 122 cm³/mol. The number of nitrogens with zero attached hydrogens (tertiary/aromatic N) is 3. The molecule has 0 saturated carbocycles. The van der Waals surface area contributed by atoms with E-state index in [1.54, 1.807) is 7.05 Å². The van der Waals surface area contributed by atoms with E-state index in [0.29, 0.717) is 25.2 Å². The minimum Gasteiger partial charge on any atom is -0.352 e. The van der Waals surface area contributed by atoms with Crippen LogP contribution in [-0.4, -0.2) is 50.0 Å². The average molecular weight is 412 g/mol. The van der Waals surface area contributed by atoms with Crippen molar-refractivity contribution in [3.8, 4) is 0 Å². The van der Waals surface area contributed by atoms with Crippen molar-refractivity contribution in [2.45, 2.75) is 39.0 Å². The van der Waals surface area contributed by atoms with E-state index < -0.39 is 0 Å². The van der Waals surface area contributed by atoms with E-state index >= 15 is 0 Å². The van der Waals surface area contributed by atoms with E-state index in [-0.39, 0.29) is 5.82 Å². The SMILES string of the molecule is CN=C(NCc1ccc(CN2CCCC2)cc1)NCc1ccc(F)c(CN(C)C)c1. The number of aliphatic imine (C=N–C) groups is 1. The fourth-order valence-electron chi connectivity index (χ4n) is 3.75. The van der Waals surface area contributed by atoms with E-state index in [1.807, 2.05) is 31.1 Å². The molecule has 30 heavy (non-hydrogen) atoms.